The van der Waals surface area contributed by atoms with Crippen molar-refractivity contribution in [3.05, 3.63) is 29.3 Å². The molecule has 1 saturated carbocycles. The van der Waals surface area contributed by atoms with Crippen LogP contribution in [0.15, 0.2) is 29.2 Å². The Hall–Kier alpha value is -1.11. The summed E-state index contributed by atoms with van der Waals surface area (Å²) in [5.74, 6) is -1.16. The lowest BCUT2D eigenvalue weighted by Crippen LogP contribution is -2.31. The summed E-state index contributed by atoms with van der Waals surface area (Å²) >= 11 is 5.68. The van der Waals surface area contributed by atoms with Gasteiger partial charge in [-0.2, -0.15) is 0 Å². The number of halogens is 1. The van der Waals surface area contributed by atoms with E-state index < -0.39 is 26.5 Å². The molecule has 3 N–H and O–H groups in total. The van der Waals surface area contributed by atoms with Crippen LogP contribution >= 0.6 is 11.6 Å². The molecule has 98 valence electrons. The van der Waals surface area contributed by atoms with Crippen molar-refractivity contribution >= 4 is 27.4 Å². The molecule has 2 rings (SSSR count). The minimum absolute atomic E-state index is 0.0593. The lowest BCUT2D eigenvalue weighted by Gasteiger charge is -2.09. The number of hydrogen-bond donors (Lipinski definition) is 2. The second-order valence-corrected chi connectivity index (χ2v) is 6.92. The Morgan fingerprint density at radius 3 is 2.39 bits per heavy atom. The van der Waals surface area contributed by atoms with Crippen molar-refractivity contribution in [3.8, 4) is 0 Å². The van der Waals surface area contributed by atoms with Gasteiger partial charge in [0.25, 0.3) is 0 Å². The van der Waals surface area contributed by atoms with Crippen molar-refractivity contribution < 1.29 is 18.3 Å². The zero-order chi connectivity index (χ0) is 13.6. The summed E-state index contributed by atoms with van der Waals surface area (Å²) in [5.41, 5.74) is 4.06. The van der Waals surface area contributed by atoms with E-state index >= 15 is 0 Å². The van der Waals surface area contributed by atoms with Crippen molar-refractivity contribution in [3.63, 3.8) is 0 Å². The summed E-state index contributed by atoms with van der Waals surface area (Å²) in [7, 11) is -3.67. The van der Waals surface area contributed by atoms with Gasteiger partial charge >= 0.3 is 5.97 Å². The highest BCUT2D eigenvalue weighted by atomic mass is 35.5. The fraction of sp³-hybridized carbons (Fsp3) is 0.364. The van der Waals surface area contributed by atoms with E-state index in [9.17, 15) is 13.2 Å². The number of benzene rings is 1. The number of aliphatic carboxylic acids is 1. The van der Waals surface area contributed by atoms with Crippen LogP contribution in [0.25, 0.3) is 0 Å². The summed E-state index contributed by atoms with van der Waals surface area (Å²) in [5, 5.41) is 8.54. The smallest absolute Gasteiger partial charge is 0.312 e. The van der Waals surface area contributed by atoms with Gasteiger partial charge < -0.3 is 10.8 Å². The molecule has 7 heteroatoms. The average Bonchev–Trinajstić information content (AvgIpc) is 3.06. The van der Waals surface area contributed by atoms with E-state index in [2.05, 4.69) is 0 Å². The number of hydrogen-bond acceptors (Lipinski definition) is 4. The van der Waals surface area contributed by atoms with Crippen molar-refractivity contribution in [2.24, 2.45) is 11.1 Å². The van der Waals surface area contributed by atoms with Crippen molar-refractivity contribution in [2.75, 3.05) is 6.54 Å². The second-order valence-electron chi connectivity index (χ2n) is 4.36. The van der Waals surface area contributed by atoms with Gasteiger partial charge in [-0.3, -0.25) is 4.79 Å². The molecule has 2 atom stereocenters. The summed E-state index contributed by atoms with van der Waals surface area (Å²) in [4.78, 5) is 11.2. The van der Waals surface area contributed by atoms with Crippen LogP contribution in [0, 0.1) is 5.41 Å². The number of carboxylic acid groups (broad SMARTS) is 1. The van der Waals surface area contributed by atoms with Gasteiger partial charge in [-0.05, 0) is 30.7 Å². The molecular formula is C11H12ClNO4S. The molecule has 0 amide bonds. The minimum atomic E-state index is -3.67. The van der Waals surface area contributed by atoms with Crippen molar-refractivity contribution in [2.45, 2.75) is 16.6 Å². The monoisotopic (exact) mass is 289 g/mol. The van der Waals surface area contributed by atoms with E-state index in [0.717, 1.165) is 0 Å². The molecule has 0 aromatic heterocycles. The zero-order valence-electron chi connectivity index (χ0n) is 9.34. The van der Waals surface area contributed by atoms with Crippen LogP contribution in [0.1, 0.15) is 6.42 Å². The molecule has 18 heavy (non-hydrogen) atoms. The molecule has 0 spiro atoms. The number of sulfone groups is 1. The second kappa shape index (κ2) is 4.22. The number of nitrogens with two attached hydrogens (primary N) is 1. The van der Waals surface area contributed by atoms with E-state index in [1.165, 1.54) is 24.3 Å². The summed E-state index contributed by atoms with van der Waals surface area (Å²) in [6.45, 7) is -0.181. The maximum Gasteiger partial charge on any atom is 0.312 e. The molecular weight excluding hydrogens is 278 g/mol. The summed E-state index contributed by atoms with van der Waals surface area (Å²) in [6, 6.07) is 5.67. The number of rotatable bonds is 4. The van der Waals surface area contributed by atoms with Gasteiger partial charge in [0.15, 0.2) is 9.84 Å². The van der Waals surface area contributed by atoms with E-state index in [1.54, 1.807) is 0 Å². The molecule has 0 radical (unpaired) electrons. The fourth-order valence-electron chi connectivity index (χ4n) is 1.99. The predicted octanol–water partition coefficient (Wildman–Crippen LogP) is 0.916. The molecule has 1 aliphatic rings. The van der Waals surface area contributed by atoms with Gasteiger partial charge in [-0.1, -0.05) is 11.6 Å². The van der Waals surface area contributed by atoms with Gasteiger partial charge in [-0.25, -0.2) is 8.42 Å². The highest BCUT2D eigenvalue weighted by molar-refractivity contribution is 7.92. The highest BCUT2D eigenvalue weighted by Gasteiger charge is 2.66. The molecule has 0 heterocycles. The van der Waals surface area contributed by atoms with E-state index in [4.69, 9.17) is 22.4 Å². The third-order valence-corrected chi connectivity index (χ3v) is 5.86. The molecule has 1 aromatic rings. The quantitative estimate of drug-likeness (QED) is 0.859. The van der Waals surface area contributed by atoms with Gasteiger partial charge in [0, 0.05) is 11.6 Å². The van der Waals surface area contributed by atoms with E-state index in [-0.39, 0.29) is 17.9 Å². The third-order valence-electron chi connectivity index (χ3n) is 3.31. The van der Waals surface area contributed by atoms with Gasteiger partial charge in [-0.15, -0.1) is 0 Å². The van der Waals surface area contributed by atoms with Crippen LogP contribution in [0.4, 0.5) is 0 Å². The average molecular weight is 290 g/mol. The molecule has 0 saturated heterocycles. The van der Waals surface area contributed by atoms with Crippen LogP contribution in [0.3, 0.4) is 0 Å². The first kappa shape index (κ1) is 13.3. The molecule has 1 fully saturated rings. The fourth-order valence-corrected chi connectivity index (χ4v) is 4.27. The highest BCUT2D eigenvalue weighted by Crippen LogP contribution is 2.52. The van der Waals surface area contributed by atoms with E-state index in [0.29, 0.717) is 5.02 Å². The van der Waals surface area contributed by atoms with Crippen LogP contribution in [0.2, 0.25) is 5.02 Å². The first-order valence-corrected chi connectivity index (χ1v) is 7.20. The number of carbonyl (C=O) groups is 1. The normalized spacial score (nSPS) is 26.9. The maximum absolute atomic E-state index is 12.2. The Labute approximate surface area is 109 Å². The Bertz CT molecular complexity index is 584. The Morgan fingerprint density at radius 2 is 2.00 bits per heavy atom. The molecule has 1 aliphatic carbocycles. The maximum atomic E-state index is 12.2. The topological polar surface area (TPSA) is 97.5 Å². The zero-order valence-corrected chi connectivity index (χ0v) is 10.9. The van der Waals surface area contributed by atoms with Gasteiger partial charge in [0.2, 0.25) is 0 Å². The minimum Gasteiger partial charge on any atom is -0.481 e. The van der Waals surface area contributed by atoms with Crippen LogP contribution in [-0.2, 0) is 14.6 Å². The summed E-state index contributed by atoms with van der Waals surface area (Å²) < 4.78 is 24.4. The SMILES string of the molecule is NC[C@]1(C(=O)O)C[C@H]1S(=O)(=O)c1ccc(Cl)cc1. The van der Waals surface area contributed by atoms with Crippen LogP contribution < -0.4 is 5.73 Å². The standard InChI is InChI=1S/C11H12ClNO4S/c12-7-1-3-8(4-2-7)18(16,17)9-5-11(9,6-13)10(14)15/h1-4,9H,5-6,13H2,(H,14,15)/t9-,11-/m1/s1. The van der Waals surface area contributed by atoms with Crippen LogP contribution in [0.5, 0.6) is 0 Å². The molecule has 0 aliphatic heterocycles. The largest absolute Gasteiger partial charge is 0.481 e. The Kier molecular flexibility index (Phi) is 3.12. The first-order valence-electron chi connectivity index (χ1n) is 5.27. The van der Waals surface area contributed by atoms with Crippen molar-refractivity contribution in [1.29, 1.82) is 0 Å². The van der Waals surface area contributed by atoms with Crippen LogP contribution in [-0.4, -0.2) is 31.3 Å². The molecule has 1 aromatic carbocycles. The lowest BCUT2D eigenvalue weighted by molar-refractivity contribution is -0.142. The van der Waals surface area contributed by atoms with Gasteiger partial charge in [0.05, 0.1) is 15.6 Å². The summed E-state index contributed by atoms with van der Waals surface area (Å²) in [6.07, 6.45) is 0.0593. The van der Waals surface area contributed by atoms with Crippen molar-refractivity contribution in [1.82, 2.24) is 0 Å². The first-order chi connectivity index (χ1) is 8.34. The molecule has 0 bridgehead atoms. The van der Waals surface area contributed by atoms with E-state index in [1.807, 2.05) is 0 Å². The third kappa shape index (κ3) is 1.90. The Balaban J connectivity index is 2.35. The Morgan fingerprint density at radius 1 is 1.44 bits per heavy atom. The molecule has 0 unspecified atom stereocenters. The predicted molar refractivity (Wildman–Crippen MR) is 66.2 cm³/mol. The van der Waals surface area contributed by atoms with Gasteiger partial charge in [0.1, 0.15) is 0 Å². The molecule has 5 nitrogen and oxygen atoms in total. The lowest BCUT2D eigenvalue weighted by atomic mass is 10.1. The number of carboxylic acids is 1.